The Kier molecular flexibility index (Phi) is 4.38. The fraction of sp³-hybridized carbons (Fsp3) is 0.412. The van der Waals surface area contributed by atoms with E-state index >= 15 is 0 Å². The lowest BCUT2D eigenvalue weighted by Gasteiger charge is -2.12. The van der Waals surface area contributed by atoms with Crippen LogP contribution in [-0.2, 0) is 0 Å². The minimum atomic E-state index is 0.318. The molecular weight excluding hydrogens is 246 g/mol. The Morgan fingerprint density at radius 2 is 1.85 bits per heavy atom. The van der Waals surface area contributed by atoms with Crippen molar-refractivity contribution in [1.82, 2.24) is 9.97 Å². The van der Waals surface area contributed by atoms with Gasteiger partial charge < -0.3 is 5.32 Å². The molecule has 0 spiro atoms. The molecule has 0 radical (unpaired) electrons. The summed E-state index contributed by atoms with van der Waals surface area (Å²) in [4.78, 5) is 9.30. The normalized spacial score (nSPS) is 10.9. The fourth-order valence-corrected chi connectivity index (χ4v) is 2.23. The molecule has 0 aliphatic heterocycles. The van der Waals surface area contributed by atoms with Crippen LogP contribution in [-0.4, -0.2) is 16.5 Å². The number of benzene rings is 1. The van der Waals surface area contributed by atoms with E-state index in [1.807, 2.05) is 6.07 Å². The van der Waals surface area contributed by atoms with E-state index in [9.17, 15) is 0 Å². The van der Waals surface area contributed by atoms with Gasteiger partial charge >= 0.3 is 0 Å². The van der Waals surface area contributed by atoms with Crippen molar-refractivity contribution in [1.29, 1.82) is 0 Å². The van der Waals surface area contributed by atoms with Crippen LogP contribution in [0.3, 0.4) is 0 Å². The first-order chi connectivity index (χ1) is 9.51. The average Bonchev–Trinajstić information content (AvgIpc) is 2.38. The molecule has 0 aliphatic carbocycles. The van der Waals surface area contributed by atoms with Crippen molar-refractivity contribution in [3.63, 3.8) is 0 Å². The number of aryl methyl sites for hydroxylation is 2. The first-order valence-corrected chi connectivity index (χ1v) is 7.21. The predicted molar refractivity (Wildman–Crippen MR) is 85.2 cm³/mol. The van der Waals surface area contributed by atoms with Crippen LogP contribution in [0, 0.1) is 13.8 Å². The zero-order valence-electron chi connectivity index (χ0n) is 13.0. The number of nitrogens with zero attached hydrogens (tertiary/aromatic N) is 2. The van der Waals surface area contributed by atoms with Crippen LogP contribution < -0.4 is 5.32 Å². The summed E-state index contributed by atoms with van der Waals surface area (Å²) in [5, 5.41) is 3.29. The Morgan fingerprint density at radius 3 is 2.45 bits per heavy atom. The number of hydrogen-bond acceptors (Lipinski definition) is 3. The number of hydrogen-bond donors (Lipinski definition) is 1. The minimum absolute atomic E-state index is 0.318. The molecule has 1 aromatic carbocycles. The third kappa shape index (κ3) is 3.16. The largest absolute Gasteiger partial charge is 0.370 e. The van der Waals surface area contributed by atoms with Gasteiger partial charge in [-0.15, -0.1) is 0 Å². The molecule has 0 aliphatic rings. The van der Waals surface area contributed by atoms with Crippen molar-refractivity contribution in [2.24, 2.45) is 0 Å². The van der Waals surface area contributed by atoms with Crippen LogP contribution in [0.1, 0.15) is 43.6 Å². The zero-order chi connectivity index (χ0) is 14.7. The van der Waals surface area contributed by atoms with Crippen molar-refractivity contribution in [2.75, 3.05) is 11.9 Å². The molecule has 1 N–H and O–H groups in total. The molecule has 0 bridgehead atoms. The lowest BCUT2D eigenvalue weighted by atomic mass is 10.0. The molecule has 0 amide bonds. The molecule has 20 heavy (non-hydrogen) atoms. The quantitative estimate of drug-likeness (QED) is 0.898. The van der Waals surface area contributed by atoms with Crippen LogP contribution in [0.4, 0.5) is 5.82 Å². The SMILES string of the molecule is CCNc1cc(-c2ccc(C)cc2C)nc(C(C)C)n1. The van der Waals surface area contributed by atoms with E-state index in [1.54, 1.807) is 0 Å². The Balaban J connectivity index is 2.54. The van der Waals surface area contributed by atoms with Gasteiger partial charge in [-0.3, -0.25) is 0 Å². The lowest BCUT2D eigenvalue weighted by Crippen LogP contribution is -2.06. The van der Waals surface area contributed by atoms with E-state index in [4.69, 9.17) is 4.98 Å². The van der Waals surface area contributed by atoms with E-state index in [0.29, 0.717) is 5.92 Å². The molecule has 2 rings (SSSR count). The van der Waals surface area contributed by atoms with Crippen LogP contribution >= 0.6 is 0 Å². The third-order valence-electron chi connectivity index (χ3n) is 3.28. The topological polar surface area (TPSA) is 37.8 Å². The fourth-order valence-electron chi connectivity index (χ4n) is 2.23. The van der Waals surface area contributed by atoms with Gasteiger partial charge in [0.2, 0.25) is 0 Å². The van der Waals surface area contributed by atoms with Gasteiger partial charge in [0.05, 0.1) is 5.69 Å². The summed E-state index contributed by atoms with van der Waals surface area (Å²) in [7, 11) is 0. The summed E-state index contributed by atoms with van der Waals surface area (Å²) in [6, 6.07) is 8.51. The van der Waals surface area contributed by atoms with Crippen LogP contribution in [0.2, 0.25) is 0 Å². The van der Waals surface area contributed by atoms with Gasteiger partial charge in [0.1, 0.15) is 11.6 Å². The highest BCUT2D eigenvalue weighted by molar-refractivity contribution is 5.66. The molecular formula is C17H23N3. The standard InChI is InChI=1S/C17H23N3/c1-6-18-16-10-15(19-17(20-16)11(2)3)14-8-7-12(4)9-13(14)5/h7-11H,6H2,1-5H3,(H,18,19,20). The zero-order valence-corrected chi connectivity index (χ0v) is 13.0. The van der Waals surface area contributed by atoms with Crippen molar-refractivity contribution in [3.05, 3.63) is 41.2 Å². The maximum atomic E-state index is 4.72. The molecule has 1 heterocycles. The highest BCUT2D eigenvalue weighted by Gasteiger charge is 2.11. The maximum absolute atomic E-state index is 4.72. The second-order valence-corrected chi connectivity index (χ2v) is 5.50. The van der Waals surface area contributed by atoms with Gasteiger partial charge in [-0.2, -0.15) is 0 Å². The average molecular weight is 269 g/mol. The molecule has 0 atom stereocenters. The van der Waals surface area contributed by atoms with E-state index < -0.39 is 0 Å². The van der Waals surface area contributed by atoms with Gasteiger partial charge in [0.15, 0.2) is 0 Å². The Labute approximate surface area is 121 Å². The summed E-state index contributed by atoms with van der Waals surface area (Å²) < 4.78 is 0. The Bertz CT molecular complexity index is 603. The maximum Gasteiger partial charge on any atom is 0.133 e. The second-order valence-electron chi connectivity index (χ2n) is 5.50. The van der Waals surface area contributed by atoms with Crippen molar-refractivity contribution < 1.29 is 0 Å². The summed E-state index contributed by atoms with van der Waals surface area (Å²) in [6.45, 7) is 11.4. The monoisotopic (exact) mass is 269 g/mol. The molecule has 0 unspecified atom stereocenters. The molecule has 1 aromatic heterocycles. The van der Waals surface area contributed by atoms with Gasteiger partial charge in [-0.05, 0) is 26.3 Å². The molecule has 2 aromatic rings. The highest BCUT2D eigenvalue weighted by atomic mass is 15.0. The Morgan fingerprint density at radius 1 is 1.10 bits per heavy atom. The molecule has 0 fully saturated rings. The van der Waals surface area contributed by atoms with Crippen LogP contribution in [0.15, 0.2) is 24.3 Å². The first-order valence-electron chi connectivity index (χ1n) is 7.21. The lowest BCUT2D eigenvalue weighted by molar-refractivity contribution is 0.776. The smallest absolute Gasteiger partial charge is 0.133 e. The third-order valence-corrected chi connectivity index (χ3v) is 3.28. The van der Waals surface area contributed by atoms with Crippen molar-refractivity contribution in [3.8, 4) is 11.3 Å². The van der Waals surface area contributed by atoms with Gasteiger partial charge in [-0.25, -0.2) is 9.97 Å². The summed E-state index contributed by atoms with van der Waals surface area (Å²) in [5.74, 6) is 2.11. The van der Waals surface area contributed by atoms with Gasteiger partial charge in [0, 0.05) is 24.1 Å². The molecule has 0 saturated carbocycles. The van der Waals surface area contributed by atoms with Crippen molar-refractivity contribution >= 4 is 5.82 Å². The molecule has 0 saturated heterocycles. The number of nitrogens with one attached hydrogen (secondary N) is 1. The predicted octanol–water partition coefficient (Wildman–Crippen LogP) is 4.32. The number of anilines is 1. The van der Waals surface area contributed by atoms with E-state index in [1.165, 1.54) is 16.7 Å². The van der Waals surface area contributed by atoms with E-state index in [-0.39, 0.29) is 0 Å². The van der Waals surface area contributed by atoms with Crippen molar-refractivity contribution in [2.45, 2.75) is 40.5 Å². The number of rotatable bonds is 4. The van der Waals surface area contributed by atoms with Crippen LogP contribution in [0.25, 0.3) is 11.3 Å². The minimum Gasteiger partial charge on any atom is -0.370 e. The molecule has 3 nitrogen and oxygen atoms in total. The van der Waals surface area contributed by atoms with Crippen LogP contribution in [0.5, 0.6) is 0 Å². The molecule has 3 heteroatoms. The second kappa shape index (κ2) is 6.04. The summed E-state index contributed by atoms with van der Waals surface area (Å²) in [5.41, 5.74) is 4.70. The van der Waals surface area contributed by atoms with Gasteiger partial charge in [-0.1, -0.05) is 37.6 Å². The summed E-state index contributed by atoms with van der Waals surface area (Å²) in [6.07, 6.45) is 0. The van der Waals surface area contributed by atoms with E-state index in [2.05, 4.69) is 63.1 Å². The van der Waals surface area contributed by atoms with Gasteiger partial charge in [0.25, 0.3) is 0 Å². The Hall–Kier alpha value is -1.90. The number of aromatic nitrogens is 2. The first kappa shape index (κ1) is 14.5. The molecule has 106 valence electrons. The van der Waals surface area contributed by atoms with E-state index in [0.717, 1.165) is 23.9 Å². The highest BCUT2D eigenvalue weighted by Crippen LogP contribution is 2.26. The summed E-state index contributed by atoms with van der Waals surface area (Å²) >= 11 is 0.